The van der Waals surface area contributed by atoms with Crippen LogP contribution in [0.1, 0.15) is 37.8 Å². The fraction of sp³-hybridized carbons (Fsp3) is 0.682. The Morgan fingerprint density at radius 3 is 2.54 bits per heavy atom. The van der Waals surface area contributed by atoms with Gasteiger partial charge in [0.15, 0.2) is 5.96 Å². The van der Waals surface area contributed by atoms with Crippen molar-refractivity contribution < 1.29 is 9.47 Å². The average Bonchev–Trinajstić information content (AvgIpc) is 2.72. The van der Waals surface area contributed by atoms with E-state index in [2.05, 4.69) is 66.5 Å². The second-order valence-corrected chi connectivity index (χ2v) is 7.49. The summed E-state index contributed by atoms with van der Waals surface area (Å²) in [7, 11) is 5.97. The van der Waals surface area contributed by atoms with Gasteiger partial charge >= 0.3 is 0 Å². The maximum Gasteiger partial charge on any atom is 0.193 e. The number of likely N-dealkylation sites (N-methyl/N-ethyl adjacent to an activating group) is 1. The third kappa shape index (κ3) is 7.41. The zero-order chi connectivity index (χ0) is 20.2. The molecule has 2 rings (SSSR count). The first kappa shape index (κ1) is 22.7. The highest BCUT2D eigenvalue weighted by Crippen LogP contribution is 2.19. The summed E-state index contributed by atoms with van der Waals surface area (Å²) in [4.78, 5) is 9.59. The number of rotatable bonds is 10. The van der Waals surface area contributed by atoms with Crippen molar-refractivity contribution in [1.29, 1.82) is 0 Å². The minimum atomic E-state index is 0.275. The molecule has 0 aromatic heterocycles. The number of hydrogen-bond donors (Lipinski definition) is 1. The summed E-state index contributed by atoms with van der Waals surface area (Å²) in [6.45, 7) is 7.27. The molecule has 1 aromatic carbocycles. The standard InChI is InChI=1S/C22H38N4O2/c1-5-23-22(24-18-21(25(2)3)19-10-7-6-8-11-19)26-14-12-20(13-15-26)28-17-9-16-27-4/h6-8,10-11,20-21H,5,9,12-18H2,1-4H3,(H,23,24). The molecule has 0 bridgehead atoms. The van der Waals surface area contributed by atoms with E-state index in [1.54, 1.807) is 7.11 Å². The van der Waals surface area contributed by atoms with Crippen molar-refractivity contribution in [1.82, 2.24) is 15.1 Å². The molecule has 1 unspecified atom stereocenters. The van der Waals surface area contributed by atoms with Gasteiger partial charge in [-0.05, 0) is 45.8 Å². The van der Waals surface area contributed by atoms with Crippen LogP contribution in [0.3, 0.4) is 0 Å². The molecule has 1 aromatic rings. The van der Waals surface area contributed by atoms with Crippen molar-refractivity contribution in [3.63, 3.8) is 0 Å². The number of guanidine groups is 1. The van der Waals surface area contributed by atoms with Crippen molar-refractivity contribution in [2.75, 3.05) is 60.6 Å². The SMILES string of the molecule is CCNC(=NCC(c1ccccc1)N(C)C)N1CCC(OCCCOC)CC1. The highest BCUT2D eigenvalue weighted by molar-refractivity contribution is 5.80. The molecule has 0 amide bonds. The molecule has 0 radical (unpaired) electrons. The van der Waals surface area contributed by atoms with Crippen LogP contribution >= 0.6 is 0 Å². The highest BCUT2D eigenvalue weighted by atomic mass is 16.5. The molecule has 1 aliphatic heterocycles. The lowest BCUT2D eigenvalue weighted by molar-refractivity contribution is 0.00989. The number of ether oxygens (including phenoxy) is 2. The van der Waals surface area contributed by atoms with E-state index in [4.69, 9.17) is 14.5 Å². The summed E-state index contributed by atoms with van der Waals surface area (Å²) in [5, 5.41) is 3.47. The maximum absolute atomic E-state index is 5.99. The molecule has 0 aliphatic carbocycles. The van der Waals surface area contributed by atoms with E-state index in [9.17, 15) is 0 Å². The Hall–Kier alpha value is -1.63. The van der Waals surface area contributed by atoms with Gasteiger partial charge in [0.2, 0.25) is 0 Å². The second-order valence-electron chi connectivity index (χ2n) is 7.49. The number of aliphatic imine (C=N–C) groups is 1. The zero-order valence-corrected chi connectivity index (χ0v) is 18.1. The molecule has 0 saturated carbocycles. The Bertz CT molecular complexity index is 557. The molecule has 1 aliphatic rings. The van der Waals surface area contributed by atoms with Gasteiger partial charge in [0.05, 0.1) is 18.7 Å². The van der Waals surface area contributed by atoms with Crippen LogP contribution in [0.25, 0.3) is 0 Å². The van der Waals surface area contributed by atoms with Gasteiger partial charge in [0.25, 0.3) is 0 Å². The fourth-order valence-corrected chi connectivity index (χ4v) is 3.53. The van der Waals surface area contributed by atoms with Gasteiger partial charge in [-0.1, -0.05) is 30.3 Å². The van der Waals surface area contributed by atoms with Crippen LogP contribution in [0.2, 0.25) is 0 Å². The van der Waals surface area contributed by atoms with Gasteiger partial charge in [0, 0.05) is 40.0 Å². The largest absolute Gasteiger partial charge is 0.385 e. The first-order chi connectivity index (χ1) is 13.7. The van der Waals surface area contributed by atoms with Crippen LogP contribution in [-0.4, -0.2) is 82.5 Å². The lowest BCUT2D eigenvalue weighted by Crippen LogP contribution is -2.47. The summed E-state index contributed by atoms with van der Waals surface area (Å²) in [6, 6.07) is 10.9. The van der Waals surface area contributed by atoms with Crippen LogP contribution in [0.5, 0.6) is 0 Å². The Morgan fingerprint density at radius 2 is 1.93 bits per heavy atom. The number of methoxy groups -OCH3 is 1. The van der Waals surface area contributed by atoms with Gasteiger partial charge in [-0.25, -0.2) is 0 Å². The molecule has 6 heteroatoms. The van der Waals surface area contributed by atoms with E-state index in [1.165, 1.54) is 5.56 Å². The summed E-state index contributed by atoms with van der Waals surface area (Å²) in [5.74, 6) is 1.02. The Balaban J connectivity index is 1.91. The Labute approximate surface area is 170 Å². The third-order valence-electron chi connectivity index (χ3n) is 5.14. The highest BCUT2D eigenvalue weighted by Gasteiger charge is 2.22. The number of piperidine rings is 1. The van der Waals surface area contributed by atoms with Crippen molar-refractivity contribution in [3.8, 4) is 0 Å². The van der Waals surface area contributed by atoms with Crippen LogP contribution in [-0.2, 0) is 9.47 Å². The van der Waals surface area contributed by atoms with E-state index in [-0.39, 0.29) is 6.04 Å². The summed E-state index contributed by atoms with van der Waals surface area (Å²) in [6.07, 6.45) is 3.42. The molecule has 158 valence electrons. The van der Waals surface area contributed by atoms with E-state index in [1.807, 2.05) is 0 Å². The lowest BCUT2D eigenvalue weighted by atomic mass is 10.1. The summed E-state index contributed by atoms with van der Waals surface area (Å²) in [5.41, 5.74) is 1.30. The predicted octanol–water partition coefficient (Wildman–Crippen LogP) is 2.77. The predicted molar refractivity (Wildman–Crippen MR) is 116 cm³/mol. The van der Waals surface area contributed by atoms with E-state index in [0.29, 0.717) is 6.10 Å². The third-order valence-corrected chi connectivity index (χ3v) is 5.14. The first-order valence-electron chi connectivity index (χ1n) is 10.5. The molecule has 1 saturated heterocycles. The smallest absolute Gasteiger partial charge is 0.193 e. The quantitative estimate of drug-likeness (QED) is 0.378. The van der Waals surface area contributed by atoms with E-state index >= 15 is 0 Å². The molecule has 1 heterocycles. The van der Waals surface area contributed by atoms with Crippen molar-refractivity contribution in [3.05, 3.63) is 35.9 Å². The molecular weight excluding hydrogens is 352 g/mol. The van der Waals surface area contributed by atoms with Crippen LogP contribution < -0.4 is 5.32 Å². The molecule has 1 atom stereocenters. The zero-order valence-electron chi connectivity index (χ0n) is 18.1. The minimum absolute atomic E-state index is 0.275. The van der Waals surface area contributed by atoms with Crippen LogP contribution in [0, 0.1) is 0 Å². The average molecular weight is 391 g/mol. The fourth-order valence-electron chi connectivity index (χ4n) is 3.53. The first-order valence-corrected chi connectivity index (χ1v) is 10.5. The Morgan fingerprint density at radius 1 is 1.21 bits per heavy atom. The minimum Gasteiger partial charge on any atom is -0.385 e. The molecule has 1 N–H and O–H groups in total. The number of likely N-dealkylation sites (tertiary alicyclic amines) is 1. The van der Waals surface area contributed by atoms with Crippen LogP contribution in [0.15, 0.2) is 35.3 Å². The molecule has 0 spiro atoms. The normalized spacial score (nSPS) is 17.2. The Kier molecular flexibility index (Phi) is 10.3. The maximum atomic E-state index is 5.99. The van der Waals surface area contributed by atoms with Gasteiger partial charge < -0.3 is 24.6 Å². The van der Waals surface area contributed by atoms with E-state index in [0.717, 1.165) is 64.6 Å². The molecule has 6 nitrogen and oxygen atoms in total. The molecular formula is C22H38N4O2. The molecule has 1 fully saturated rings. The topological polar surface area (TPSA) is 49.3 Å². The van der Waals surface area contributed by atoms with Crippen molar-refractivity contribution in [2.45, 2.75) is 38.3 Å². The summed E-state index contributed by atoms with van der Waals surface area (Å²) >= 11 is 0. The lowest BCUT2D eigenvalue weighted by Gasteiger charge is -2.34. The van der Waals surface area contributed by atoms with Gasteiger partial charge in [-0.15, -0.1) is 0 Å². The summed E-state index contributed by atoms with van der Waals surface area (Å²) < 4.78 is 11.1. The number of hydrogen-bond acceptors (Lipinski definition) is 4. The van der Waals surface area contributed by atoms with E-state index < -0.39 is 0 Å². The van der Waals surface area contributed by atoms with Gasteiger partial charge in [-0.3, -0.25) is 4.99 Å². The number of nitrogens with one attached hydrogen (secondary N) is 1. The van der Waals surface area contributed by atoms with Crippen LogP contribution in [0.4, 0.5) is 0 Å². The van der Waals surface area contributed by atoms with Gasteiger partial charge in [0.1, 0.15) is 0 Å². The van der Waals surface area contributed by atoms with Crippen molar-refractivity contribution >= 4 is 5.96 Å². The van der Waals surface area contributed by atoms with Crippen molar-refractivity contribution in [2.24, 2.45) is 4.99 Å². The monoisotopic (exact) mass is 390 g/mol. The second kappa shape index (κ2) is 12.8. The number of nitrogens with zero attached hydrogens (tertiary/aromatic N) is 3. The molecule has 28 heavy (non-hydrogen) atoms. The number of benzene rings is 1. The van der Waals surface area contributed by atoms with Gasteiger partial charge in [-0.2, -0.15) is 0 Å².